The highest BCUT2D eigenvalue weighted by molar-refractivity contribution is 6.30. The van der Waals surface area contributed by atoms with Gasteiger partial charge in [0.25, 0.3) is 0 Å². The van der Waals surface area contributed by atoms with Crippen molar-refractivity contribution < 1.29 is 0 Å². The summed E-state index contributed by atoms with van der Waals surface area (Å²) in [5.74, 6) is 0.827. The summed E-state index contributed by atoms with van der Waals surface area (Å²) in [6.45, 7) is 0. The van der Waals surface area contributed by atoms with E-state index in [2.05, 4.69) is 45.0 Å². The van der Waals surface area contributed by atoms with Crippen molar-refractivity contribution in [3.05, 3.63) is 64.7 Å². The third kappa shape index (κ3) is 3.01. The number of hydrogen-bond acceptors (Lipinski definition) is 4. The van der Waals surface area contributed by atoms with Crippen LogP contribution in [0.25, 0.3) is 0 Å². The van der Waals surface area contributed by atoms with Crippen LogP contribution in [0.15, 0.2) is 53.5 Å². The zero-order valence-electron chi connectivity index (χ0n) is 12.0. The molecule has 108 valence electrons. The van der Waals surface area contributed by atoms with Crippen LogP contribution in [0.3, 0.4) is 0 Å². The predicted molar refractivity (Wildman–Crippen MR) is 87.8 cm³/mol. The molecule has 0 fully saturated rings. The molecule has 0 saturated heterocycles. The van der Waals surface area contributed by atoms with Crippen molar-refractivity contribution in [1.29, 1.82) is 0 Å². The van der Waals surface area contributed by atoms with E-state index in [1.165, 1.54) is 5.69 Å². The Labute approximate surface area is 129 Å². The number of rotatable bonds is 3. The van der Waals surface area contributed by atoms with Gasteiger partial charge in [0.1, 0.15) is 12.0 Å². The van der Waals surface area contributed by atoms with Gasteiger partial charge in [-0.25, -0.2) is 10.4 Å². The third-order valence-corrected chi connectivity index (χ3v) is 3.68. The summed E-state index contributed by atoms with van der Waals surface area (Å²) in [5, 5.41) is 0.723. The molecule has 3 rings (SSSR count). The monoisotopic (exact) mass is 300 g/mol. The van der Waals surface area contributed by atoms with E-state index < -0.39 is 0 Å². The van der Waals surface area contributed by atoms with E-state index in [0.717, 1.165) is 22.0 Å². The average Bonchev–Trinajstić information content (AvgIpc) is 2.98. The first-order valence-corrected chi connectivity index (χ1v) is 7.14. The van der Waals surface area contributed by atoms with Crippen LogP contribution < -0.4 is 15.8 Å². The Kier molecular flexibility index (Phi) is 3.82. The smallest absolute Gasteiger partial charge is 0.144 e. The Hall–Kier alpha value is -2.04. The highest BCUT2D eigenvalue weighted by Crippen LogP contribution is 2.22. The largest absolute Gasteiger partial charge is 0.378 e. The van der Waals surface area contributed by atoms with Gasteiger partial charge in [0.05, 0.1) is 0 Å². The van der Waals surface area contributed by atoms with Gasteiger partial charge in [0, 0.05) is 30.4 Å². The molecule has 0 aliphatic carbocycles. The average molecular weight is 301 g/mol. The summed E-state index contributed by atoms with van der Waals surface area (Å²) in [7, 11) is 4.06. The summed E-state index contributed by atoms with van der Waals surface area (Å²) < 4.78 is 0. The van der Waals surface area contributed by atoms with Gasteiger partial charge in [-0.3, -0.25) is 0 Å². The molecule has 4 nitrogen and oxygen atoms in total. The lowest BCUT2D eigenvalue weighted by Crippen LogP contribution is -2.31. The molecule has 1 aliphatic rings. The minimum absolute atomic E-state index is 0.0770. The molecule has 0 spiro atoms. The van der Waals surface area contributed by atoms with Crippen molar-refractivity contribution in [1.82, 2.24) is 10.9 Å². The zero-order valence-corrected chi connectivity index (χ0v) is 12.7. The van der Waals surface area contributed by atoms with Crippen molar-refractivity contribution in [2.45, 2.75) is 6.17 Å². The second-order valence-electron chi connectivity index (χ2n) is 5.14. The van der Waals surface area contributed by atoms with Crippen LogP contribution in [0.5, 0.6) is 0 Å². The van der Waals surface area contributed by atoms with Gasteiger partial charge in [-0.05, 0) is 42.0 Å². The minimum Gasteiger partial charge on any atom is -0.378 e. The Morgan fingerprint density at radius 1 is 1.00 bits per heavy atom. The molecule has 1 atom stereocenters. The van der Waals surface area contributed by atoms with E-state index in [9.17, 15) is 0 Å². The number of aliphatic imine (C=N–C) groups is 1. The van der Waals surface area contributed by atoms with Crippen LogP contribution in [-0.4, -0.2) is 19.9 Å². The normalized spacial score (nSPS) is 17.3. The first-order valence-electron chi connectivity index (χ1n) is 6.76. The molecule has 2 aromatic carbocycles. The molecule has 0 aromatic heterocycles. The number of nitrogens with one attached hydrogen (secondary N) is 2. The standard InChI is InChI=1S/C16H17ClN4/c1-21(2)14-9-5-12(6-10-14)16-18-15(19-20-16)11-3-7-13(17)8-4-11/h3-10,16,20H,1-2H3,(H,18,19)/t16-/m0/s1. The molecule has 1 heterocycles. The molecule has 1 aliphatic heterocycles. The van der Waals surface area contributed by atoms with Crippen molar-refractivity contribution in [2.75, 3.05) is 19.0 Å². The van der Waals surface area contributed by atoms with Crippen molar-refractivity contribution in [3.8, 4) is 0 Å². The maximum atomic E-state index is 5.90. The summed E-state index contributed by atoms with van der Waals surface area (Å²) in [5.41, 5.74) is 9.62. The Balaban J connectivity index is 1.80. The van der Waals surface area contributed by atoms with Crippen molar-refractivity contribution in [2.24, 2.45) is 4.99 Å². The molecule has 0 amide bonds. The van der Waals surface area contributed by atoms with Gasteiger partial charge in [0.2, 0.25) is 0 Å². The van der Waals surface area contributed by atoms with E-state index in [1.807, 2.05) is 38.4 Å². The first kappa shape index (κ1) is 13.9. The summed E-state index contributed by atoms with van der Waals surface area (Å²) in [6, 6.07) is 16.0. The van der Waals surface area contributed by atoms with E-state index in [0.29, 0.717) is 0 Å². The first-order chi connectivity index (χ1) is 10.1. The van der Waals surface area contributed by atoms with Crippen molar-refractivity contribution in [3.63, 3.8) is 0 Å². The van der Waals surface area contributed by atoms with Crippen LogP contribution >= 0.6 is 11.6 Å². The molecule has 0 saturated carbocycles. The summed E-state index contributed by atoms with van der Waals surface area (Å²) in [4.78, 5) is 6.75. The topological polar surface area (TPSA) is 39.7 Å². The lowest BCUT2D eigenvalue weighted by Gasteiger charge is -2.14. The van der Waals surface area contributed by atoms with Gasteiger partial charge in [-0.2, -0.15) is 0 Å². The fraction of sp³-hybridized carbons (Fsp3) is 0.188. The summed E-state index contributed by atoms with van der Waals surface area (Å²) >= 11 is 5.90. The second-order valence-corrected chi connectivity index (χ2v) is 5.58. The molecular formula is C16H17ClN4. The third-order valence-electron chi connectivity index (χ3n) is 3.43. The Bertz CT molecular complexity index is 647. The molecule has 0 bridgehead atoms. The van der Waals surface area contributed by atoms with Gasteiger partial charge in [-0.15, -0.1) is 0 Å². The van der Waals surface area contributed by atoms with Gasteiger partial charge in [0.15, 0.2) is 0 Å². The molecule has 0 radical (unpaired) electrons. The van der Waals surface area contributed by atoms with E-state index >= 15 is 0 Å². The number of amidine groups is 1. The number of halogens is 1. The molecule has 2 aromatic rings. The summed E-state index contributed by atoms with van der Waals surface area (Å²) in [6.07, 6.45) is -0.0770. The van der Waals surface area contributed by atoms with Crippen LogP contribution in [0, 0.1) is 0 Å². The highest BCUT2D eigenvalue weighted by atomic mass is 35.5. The lowest BCUT2D eigenvalue weighted by molar-refractivity contribution is 0.575. The number of benzene rings is 2. The fourth-order valence-corrected chi connectivity index (χ4v) is 2.32. The van der Waals surface area contributed by atoms with E-state index in [1.54, 1.807) is 0 Å². The van der Waals surface area contributed by atoms with Crippen LogP contribution in [0.4, 0.5) is 5.69 Å². The Morgan fingerprint density at radius 2 is 1.67 bits per heavy atom. The van der Waals surface area contributed by atoms with Gasteiger partial charge < -0.3 is 10.3 Å². The lowest BCUT2D eigenvalue weighted by atomic mass is 10.1. The quantitative estimate of drug-likeness (QED) is 0.915. The Morgan fingerprint density at radius 3 is 2.29 bits per heavy atom. The molecule has 5 heteroatoms. The molecule has 0 unspecified atom stereocenters. The number of nitrogens with zero attached hydrogens (tertiary/aromatic N) is 2. The van der Waals surface area contributed by atoms with Crippen LogP contribution in [0.2, 0.25) is 5.02 Å². The van der Waals surface area contributed by atoms with Gasteiger partial charge >= 0.3 is 0 Å². The molecule has 2 N–H and O–H groups in total. The van der Waals surface area contributed by atoms with Crippen LogP contribution in [-0.2, 0) is 0 Å². The van der Waals surface area contributed by atoms with E-state index in [-0.39, 0.29) is 6.17 Å². The number of anilines is 1. The fourth-order valence-electron chi connectivity index (χ4n) is 2.20. The second kappa shape index (κ2) is 5.76. The van der Waals surface area contributed by atoms with Crippen LogP contribution in [0.1, 0.15) is 17.3 Å². The maximum absolute atomic E-state index is 5.90. The zero-order chi connectivity index (χ0) is 14.8. The van der Waals surface area contributed by atoms with Gasteiger partial charge in [-0.1, -0.05) is 23.7 Å². The molecular weight excluding hydrogens is 284 g/mol. The van der Waals surface area contributed by atoms with Crippen molar-refractivity contribution >= 4 is 23.1 Å². The minimum atomic E-state index is -0.0770. The highest BCUT2D eigenvalue weighted by Gasteiger charge is 2.18. The number of hydrazine groups is 1. The van der Waals surface area contributed by atoms with E-state index in [4.69, 9.17) is 11.6 Å². The SMILES string of the molecule is CN(C)c1ccc([C@H]2N=C(c3ccc(Cl)cc3)NN2)cc1. The number of hydrogen-bond donors (Lipinski definition) is 2. The molecule has 21 heavy (non-hydrogen) atoms. The predicted octanol–water partition coefficient (Wildman–Crippen LogP) is 2.96. The maximum Gasteiger partial charge on any atom is 0.144 e.